The van der Waals surface area contributed by atoms with Crippen molar-refractivity contribution in [3.63, 3.8) is 0 Å². The van der Waals surface area contributed by atoms with Gasteiger partial charge in [0.15, 0.2) is 0 Å². The molecule has 0 aromatic heterocycles. The van der Waals surface area contributed by atoms with Crippen molar-refractivity contribution in [2.45, 2.75) is 23.7 Å². The maximum absolute atomic E-state index is 5.12. The zero-order valence-electron chi connectivity index (χ0n) is 4.91. The van der Waals surface area contributed by atoms with E-state index in [4.69, 9.17) is 6.42 Å². The van der Waals surface area contributed by atoms with E-state index in [1.807, 2.05) is 0 Å². The third-order valence-electron chi connectivity index (χ3n) is 0.925. The first-order valence-electron chi connectivity index (χ1n) is 2.85. The van der Waals surface area contributed by atoms with Crippen molar-refractivity contribution in [2.24, 2.45) is 0 Å². The van der Waals surface area contributed by atoms with Crippen LogP contribution in [0.2, 0.25) is 3.93 Å². The van der Waals surface area contributed by atoms with Crippen LogP contribution in [0.3, 0.4) is 0 Å². The first-order valence-corrected chi connectivity index (χ1v) is 9.49. The number of rotatable bonds is 3. The molecule has 0 N–H and O–H groups in total. The summed E-state index contributed by atoms with van der Waals surface area (Å²) in [6.45, 7) is 2.21. The van der Waals surface area contributed by atoms with Crippen molar-refractivity contribution in [1.82, 2.24) is 0 Å². The molecule has 0 spiro atoms. The van der Waals surface area contributed by atoms with Gasteiger partial charge in [0.2, 0.25) is 0 Å². The first kappa shape index (κ1) is 7.50. The van der Waals surface area contributed by atoms with Crippen LogP contribution in [-0.2, 0) is 24.6 Å². The number of unbranched alkanes of at least 4 members (excludes halogenated alkanes) is 1. The molecule has 0 aliphatic rings. The van der Waals surface area contributed by atoms with Crippen molar-refractivity contribution >= 4 is 0 Å². The SMILES string of the molecule is C#[C][Hg][CH2]CCC. The Morgan fingerprint density at radius 2 is 2.43 bits per heavy atom. The van der Waals surface area contributed by atoms with Gasteiger partial charge in [-0.3, -0.25) is 0 Å². The van der Waals surface area contributed by atoms with E-state index in [0.717, 1.165) is 0 Å². The second kappa shape index (κ2) is 6.50. The number of hydrogen-bond acceptors (Lipinski definition) is 0. The number of terminal acetylenes is 1. The van der Waals surface area contributed by atoms with Gasteiger partial charge in [0, 0.05) is 0 Å². The predicted molar refractivity (Wildman–Crippen MR) is 28.5 cm³/mol. The Balaban J connectivity index is 2.60. The molecule has 0 unspecified atom stereocenters. The van der Waals surface area contributed by atoms with E-state index in [0.29, 0.717) is 0 Å². The van der Waals surface area contributed by atoms with Crippen LogP contribution in [0.15, 0.2) is 0 Å². The van der Waals surface area contributed by atoms with Gasteiger partial charge >= 0.3 is 58.1 Å². The minimum atomic E-state index is -0.670. The predicted octanol–water partition coefficient (Wildman–Crippen LogP) is 1.88. The molecular formula is C6H10Hg. The quantitative estimate of drug-likeness (QED) is 0.421. The van der Waals surface area contributed by atoms with Crippen LogP contribution in [0.1, 0.15) is 19.8 Å². The Labute approximate surface area is 58.1 Å². The summed E-state index contributed by atoms with van der Waals surface area (Å²) in [5, 5.41) is 0. The average molecular weight is 283 g/mol. The molecule has 0 aromatic carbocycles. The summed E-state index contributed by atoms with van der Waals surface area (Å²) in [5.74, 6) is 0. The molecular weight excluding hydrogens is 273 g/mol. The Bertz CT molecular complexity index is 61.1. The normalized spacial score (nSPS) is 6.86. The van der Waals surface area contributed by atoms with Crippen LogP contribution in [0, 0.1) is 9.85 Å². The van der Waals surface area contributed by atoms with Crippen LogP contribution in [-0.4, -0.2) is 0 Å². The molecule has 0 atom stereocenters. The van der Waals surface area contributed by atoms with Gasteiger partial charge in [-0.15, -0.1) is 0 Å². The van der Waals surface area contributed by atoms with Crippen molar-refractivity contribution in [3.8, 4) is 9.85 Å². The molecule has 36 valence electrons. The first-order chi connectivity index (χ1) is 3.41. The molecule has 0 bridgehead atoms. The molecule has 0 radical (unpaired) electrons. The molecule has 0 heterocycles. The van der Waals surface area contributed by atoms with Gasteiger partial charge in [-0.05, 0) is 0 Å². The van der Waals surface area contributed by atoms with E-state index >= 15 is 0 Å². The van der Waals surface area contributed by atoms with Gasteiger partial charge in [-0.2, -0.15) is 0 Å². The van der Waals surface area contributed by atoms with Gasteiger partial charge in [0.05, 0.1) is 0 Å². The molecule has 0 aliphatic carbocycles. The zero-order chi connectivity index (χ0) is 5.54. The Morgan fingerprint density at radius 3 is 2.86 bits per heavy atom. The summed E-state index contributed by atoms with van der Waals surface area (Å²) in [6.07, 6.45) is 7.82. The molecule has 0 aromatic rings. The van der Waals surface area contributed by atoms with Crippen LogP contribution in [0.4, 0.5) is 0 Å². The summed E-state index contributed by atoms with van der Waals surface area (Å²) in [7, 11) is 0. The average Bonchev–Trinajstić information content (AvgIpc) is 1.69. The summed E-state index contributed by atoms with van der Waals surface area (Å²) in [6, 6.07) is 0. The van der Waals surface area contributed by atoms with Crippen LogP contribution in [0.5, 0.6) is 0 Å². The number of hydrogen-bond donors (Lipinski definition) is 0. The third kappa shape index (κ3) is 6.50. The maximum atomic E-state index is 5.12. The minimum absolute atomic E-state index is 0.670. The topological polar surface area (TPSA) is 0 Å². The van der Waals surface area contributed by atoms with Gasteiger partial charge in [0.25, 0.3) is 0 Å². The molecule has 0 rings (SSSR count). The van der Waals surface area contributed by atoms with Crippen LogP contribution in [0.25, 0.3) is 0 Å². The summed E-state index contributed by atoms with van der Waals surface area (Å²) < 4.78 is 4.25. The fourth-order valence-corrected chi connectivity index (χ4v) is 4.19. The Hall–Kier alpha value is 0.495. The van der Waals surface area contributed by atoms with E-state index < -0.39 is 24.6 Å². The fraction of sp³-hybridized carbons (Fsp3) is 0.667. The van der Waals surface area contributed by atoms with Crippen molar-refractivity contribution < 1.29 is 24.6 Å². The molecule has 0 saturated carbocycles. The molecule has 0 aliphatic heterocycles. The molecule has 0 saturated heterocycles. The summed E-state index contributed by atoms with van der Waals surface area (Å²) in [4.78, 5) is 0. The van der Waals surface area contributed by atoms with Gasteiger partial charge in [-0.1, -0.05) is 0 Å². The van der Waals surface area contributed by atoms with E-state index in [1.165, 1.54) is 16.8 Å². The molecule has 7 heavy (non-hydrogen) atoms. The zero-order valence-corrected chi connectivity index (χ0v) is 10.4. The Kier molecular flexibility index (Phi) is 6.95. The standard InChI is InChI=1S/C4H9.C2H.Hg/c1-3-4-2;1-2;/h1,3-4H2,2H3;1H;. The van der Waals surface area contributed by atoms with Crippen LogP contribution >= 0.6 is 0 Å². The second-order valence-corrected chi connectivity index (χ2v) is 7.94. The van der Waals surface area contributed by atoms with E-state index in [-0.39, 0.29) is 0 Å². The van der Waals surface area contributed by atoms with E-state index in [2.05, 4.69) is 10.4 Å². The van der Waals surface area contributed by atoms with Gasteiger partial charge in [-0.25, -0.2) is 0 Å². The summed E-state index contributed by atoms with van der Waals surface area (Å²) >= 11 is -0.670. The monoisotopic (exact) mass is 284 g/mol. The molecule has 0 amide bonds. The Morgan fingerprint density at radius 1 is 1.71 bits per heavy atom. The van der Waals surface area contributed by atoms with Gasteiger partial charge in [0.1, 0.15) is 0 Å². The molecule has 1 heteroatoms. The van der Waals surface area contributed by atoms with Crippen LogP contribution < -0.4 is 0 Å². The molecule has 0 nitrogen and oxygen atoms in total. The summed E-state index contributed by atoms with van der Waals surface area (Å²) in [5.41, 5.74) is 0. The third-order valence-corrected chi connectivity index (χ3v) is 5.37. The second-order valence-electron chi connectivity index (χ2n) is 1.66. The van der Waals surface area contributed by atoms with E-state index in [1.54, 1.807) is 0 Å². The molecule has 0 fully saturated rings. The van der Waals surface area contributed by atoms with Crippen molar-refractivity contribution in [2.75, 3.05) is 0 Å². The van der Waals surface area contributed by atoms with E-state index in [9.17, 15) is 0 Å². The fourth-order valence-electron chi connectivity index (χ4n) is 0.477. The van der Waals surface area contributed by atoms with Crippen molar-refractivity contribution in [3.05, 3.63) is 0 Å². The van der Waals surface area contributed by atoms with Gasteiger partial charge < -0.3 is 0 Å². The van der Waals surface area contributed by atoms with Crippen molar-refractivity contribution in [1.29, 1.82) is 0 Å².